The van der Waals surface area contributed by atoms with Gasteiger partial charge in [0, 0.05) is 0 Å². The zero-order valence-electron chi connectivity index (χ0n) is 16.4. The fourth-order valence-corrected chi connectivity index (χ4v) is 5.04. The molecule has 1 saturated carbocycles. The predicted molar refractivity (Wildman–Crippen MR) is 113 cm³/mol. The Morgan fingerprint density at radius 2 is 1.65 bits per heavy atom. The first kappa shape index (κ1) is 17.3. The number of hydrogen-bond donors (Lipinski definition) is 0. The van der Waals surface area contributed by atoms with Crippen LogP contribution in [0.5, 0.6) is 0 Å². The van der Waals surface area contributed by atoms with E-state index in [9.17, 15) is 0 Å². The lowest BCUT2D eigenvalue weighted by Crippen LogP contribution is -2.17. The van der Waals surface area contributed by atoms with E-state index in [1.165, 1.54) is 59.1 Å². The molecule has 134 valence electrons. The Morgan fingerprint density at radius 1 is 0.923 bits per heavy atom. The molecule has 2 aromatic carbocycles. The summed E-state index contributed by atoms with van der Waals surface area (Å²) < 4.78 is 0. The first-order valence-corrected chi connectivity index (χ1v) is 10.1. The van der Waals surface area contributed by atoms with Crippen LogP contribution >= 0.6 is 0 Å². The van der Waals surface area contributed by atoms with E-state index in [1.807, 2.05) is 0 Å². The molecule has 0 aliphatic heterocycles. The fraction of sp³-hybridized carbons (Fsp3) is 0.385. The normalized spacial score (nSPS) is 22.4. The van der Waals surface area contributed by atoms with E-state index in [-0.39, 0.29) is 0 Å². The van der Waals surface area contributed by atoms with Gasteiger partial charge in [0.2, 0.25) is 0 Å². The second-order valence-electron chi connectivity index (χ2n) is 8.41. The zero-order valence-corrected chi connectivity index (χ0v) is 16.4. The molecule has 0 aromatic heterocycles. The maximum Gasteiger partial charge on any atom is -0.00523 e. The summed E-state index contributed by atoms with van der Waals surface area (Å²) in [6, 6.07) is 15.8. The van der Waals surface area contributed by atoms with E-state index >= 15 is 0 Å². The second-order valence-corrected chi connectivity index (χ2v) is 8.41. The highest BCUT2D eigenvalue weighted by atomic mass is 14.3. The van der Waals surface area contributed by atoms with Gasteiger partial charge in [0.15, 0.2) is 0 Å². The van der Waals surface area contributed by atoms with E-state index < -0.39 is 0 Å². The maximum atomic E-state index is 4.18. The molecule has 0 amide bonds. The summed E-state index contributed by atoms with van der Waals surface area (Å²) in [6.07, 6.45) is 6.48. The van der Waals surface area contributed by atoms with Crippen molar-refractivity contribution in [2.24, 2.45) is 11.8 Å². The minimum absolute atomic E-state index is 0.753. The molecule has 2 aromatic rings. The number of aryl methyl sites for hydroxylation is 1. The van der Waals surface area contributed by atoms with Crippen molar-refractivity contribution in [3.8, 4) is 11.1 Å². The van der Waals surface area contributed by atoms with Crippen LogP contribution in [0.4, 0.5) is 0 Å². The van der Waals surface area contributed by atoms with Crippen LogP contribution in [0.3, 0.4) is 0 Å². The predicted octanol–water partition coefficient (Wildman–Crippen LogP) is 7.37. The van der Waals surface area contributed by atoms with Crippen molar-refractivity contribution in [3.63, 3.8) is 0 Å². The van der Waals surface area contributed by atoms with Crippen molar-refractivity contribution in [2.75, 3.05) is 0 Å². The van der Waals surface area contributed by atoms with Crippen LogP contribution in [0, 0.1) is 18.8 Å². The van der Waals surface area contributed by atoms with Gasteiger partial charge in [-0.3, -0.25) is 0 Å². The lowest BCUT2D eigenvalue weighted by Gasteiger charge is -2.30. The van der Waals surface area contributed by atoms with Crippen molar-refractivity contribution in [1.82, 2.24) is 0 Å². The molecule has 0 atom stereocenters. The number of rotatable bonds is 3. The van der Waals surface area contributed by atoms with Crippen molar-refractivity contribution < 1.29 is 0 Å². The van der Waals surface area contributed by atoms with E-state index in [1.54, 1.807) is 11.1 Å². The van der Waals surface area contributed by atoms with Crippen molar-refractivity contribution in [2.45, 2.75) is 52.9 Å². The smallest absolute Gasteiger partial charge is 0.00523 e. The Bertz CT molecular complexity index is 873. The Morgan fingerprint density at radius 3 is 2.35 bits per heavy atom. The quantitative estimate of drug-likeness (QED) is 0.511. The second kappa shape index (κ2) is 6.91. The Hall–Kier alpha value is -2.08. The molecule has 0 unspecified atom stereocenters. The number of benzene rings is 2. The lowest BCUT2D eigenvalue weighted by atomic mass is 9.75. The highest BCUT2D eigenvalue weighted by Crippen LogP contribution is 2.44. The van der Waals surface area contributed by atoms with Gasteiger partial charge in [-0.1, -0.05) is 54.1 Å². The Balaban J connectivity index is 1.61. The Labute approximate surface area is 158 Å². The molecule has 0 radical (unpaired) electrons. The van der Waals surface area contributed by atoms with Crippen LogP contribution in [0.1, 0.15) is 56.2 Å². The lowest BCUT2D eigenvalue weighted by molar-refractivity contribution is 0.332. The standard InChI is InChI=1S/C26H30/c1-17(2)20-9-11-21(12-10-20)25-16-23-14-13-22(15-26(23)19(25)4)24-8-6-5-7-18(24)3/h5-8,13-15,20-21H,1,9-12,16H2,2-4H3. The van der Waals surface area contributed by atoms with E-state index in [2.05, 4.69) is 69.8 Å². The minimum Gasteiger partial charge on any atom is -0.0999 e. The van der Waals surface area contributed by atoms with Gasteiger partial charge in [-0.25, -0.2) is 0 Å². The van der Waals surface area contributed by atoms with Crippen LogP contribution in [-0.2, 0) is 6.42 Å². The molecule has 0 nitrogen and oxygen atoms in total. The third-order valence-corrected chi connectivity index (χ3v) is 6.75. The van der Waals surface area contributed by atoms with Gasteiger partial charge in [-0.05, 0) is 104 Å². The van der Waals surface area contributed by atoms with E-state index in [0.29, 0.717) is 0 Å². The Kier molecular flexibility index (Phi) is 4.61. The number of allylic oxidation sites excluding steroid dienone is 3. The molecule has 26 heavy (non-hydrogen) atoms. The molecule has 2 aliphatic rings. The topological polar surface area (TPSA) is 0 Å². The van der Waals surface area contributed by atoms with Crippen molar-refractivity contribution >= 4 is 5.57 Å². The van der Waals surface area contributed by atoms with Gasteiger partial charge in [0.1, 0.15) is 0 Å². The van der Waals surface area contributed by atoms with Gasteiger partial charge < -0.3 is 0 Å². The van der Waals surface area contributed by atoms with Crippen molar-refractivity contribution in [3.05, 3.63) is 76.9 Å². The summed E-state index contributed by atoms with van der Waals surface area (Å²) in [5.41, 5.74) is 11.7. The average molecular weight is 343 g/mol. The molecule has 0 N–H and O–H groups in total. The molecule has 0 heterocycles. The van der Waals surface area contributed by atoms with Crippen molar-refractivity contribution in [1.29, 1.82) is 0 Å². The first-order valence-electron chi connectivity index (χ1n) is 10.1. The molecule has 0 heteroatoms. The van der Waals surface area contributed by atoms with Gasteiger partial charge in [-0.15, -0.1) is 0 Å². The maximum absolute atomic E-state index is 4.18. The molecule has 0 saturated heterocycles. The fourth-order valence-electron chi connectivity index (χ4n) is 5.04. The van der Waals surface area contributed by atoms with Crippen LogP contribution in [0.25, 0.3) is 16.7 Å². The van der Waals surface area contributed by atoms with Crippen LogP contribution in [0.15, 0.2) is 60.2 Å². The third-order valence-electron chi connectivity index (χ3n) is 6.75. The summed E-state index contributed by atoms with van der Waals surface area (Å²) in [6.45, 7) is 10.9. The summed E-state index contributed by atoms with van der Waals surface area (Å²) in [5.74, 6) is 1.53. The van der Waals surface area contributed by atoms with Crippen LogP contribution in [0.2, 0.25) is 0 Å². The molecule has 4 rings (SSSR count). The molecule has 0 bridgehead atoms. The summed E-state index contributed by atoms with van der Waals surface area (Å²) >= 11 is 0. The highest BCUT2D eigenvalue weighted by Gasteiger charge is 2.29. The van der Waals surface area contributed by atoms with E-state index in [0.717, 1.165) is 18.3 Å². The minimum atomic E-state index is 0.753. The monoisotopic (exact) mass is 342 g/mol. The molecule has 0 spiro atoms. The highest BCUT2D eigenvalue weighted by molar-refractivity contribution is 5.80. The van der Waals surface area contributed by atoms with Gasteiger partial charge in [0.05, 0.1) is 0 Å². The number of fused-ring (bicyclic) bond motifs is 1. The van der Waals surface area contributed by atoms with Crippen LogP contribution in [-0.4, -0.2) is 0 Å². The van der Waals surface area contributed by atoms with Gasteiger partial charge >= 0.3 is 0 Å². The SMILES string of the molecule is C=C(C)C1CCC(C2=C(C)c3cc(-c4ccccc4C)ccc3C2)CC1. The first-order chi connectivity index (χ1) is 12.5. The third kappa shape index (κ3) is 3.07. The average Bonchev–Trinajstić information content (AvgIpc) is 2.98. The summed E-state index contributed by atoms with van der Waals surface area (Å²) in [4.78, 5) is 0. The van der Waals surface area contributed by atoms with E-state index in [4.69, 9.17) is 0 Å². The van der Waals surface area contributed by atoms with Gasteiger partial charge in [-0.2, -0.15) is 0 Å². The van der Waals surface area contributed by atoms with Crippen LogP contribution < -0.4 is 0 Å². The molecular weight excluding hydrogens is 312 g/mol. The number of hydrogen-bond acceptors (Lipinski definition) is 0. The summed E-state index contributed by atoms with van der Waals surface area (Å²) in [5, 5.41) is 0. The summed E-state index contributed by atoms with van der Waals surface area (Å²) in [7, 11) is 0. The zero-order chi connectivity index (χ0) is 18.3. The van der Waals surface area contributed by atoms with Gasteiger partial charge in [0.25, 0.3) is 0 Å². The molecule has 2 aliphatic carbocycles. The molecule has 1 fully saturated rings. The molecular formula is C26H30. The largest absolute Gasteiger partial charge is 0.0999 e.